The molecule has 0 aliphatic carbocycles. The van der Waals surface area contributed by atoms with Gasteiger partial charge in [0.2, 0.25) is 0 Å². The molecule has 29 heavy (non-hydrogen) atoms. The minimum absolute atomic E-state index is 0.198. The van der Waals surface area contributed by atoms with Crippen molar-refractivity contribution >= 4 is 10.8 Å². The smallest absolute Gasteiger partial charge is 0.421 e. The summed E-state index contributed by atoms with van der Waals surface area (Å²) in [5, 5.41) is 28.4. The van der Waals surface area contributed by atoms with Crippen molar-refractivity contribution in [2.24, 2.45) is 0 Å². The van der Waals surface area contributed by atoms with Crippen molar-refractivity contribution in [3.05, 3.63) is 35.4 Å². The van der Waals surface area contributed by atoms with E-state index in [2.05, 4.69) is 0 Å². The maximum atomic E-state index is 13.3. The average Bonchev–Trinajstić information content (AvgIpc) is 2.51. The van der Waals surface area contributed by atoms with E-state index in [4.69, 9.17) is 0 Å². The molecule has 0 aliphatic rings. The first-order valence-electron chi connectivity index (χ1n) is 7.69. The van der Waals surface area contributed by atoms with Crippen LogP contribution in [-0.2, 0) is 11.0 Å². The van der Waals surface area contributed by atoms with Crippen LogP contribution in [0, 0.1) is 0 Å². The van der Waals surface area contributed by atoms with Gasteiger partial charge in [-0.25, -0.2) is 0 Å². The molecule has 162 valence electrons. The highest BCUT2D eigenvalue weighted by Gasteiger charge is 2.69. The van der Waals surface area contributed by atoms with Gasteiger partial charge < -0.3 is 15.3 Å². The third-order valence-corrected chi connectivity index (χ3v) is 4.89. The van der Waals surface area contributed by atoms with Crippen molar-refractivity contribution in [3.8, 4) is 11.5 Å². The van der Waals surface area contributed by atoms with Crippen molar-refractivity contribution in [2.45, 2.75) is 43.4 Å². The zero-order valence-electron chi connectivity index (χ0n) is 14.6. The van der Waals surface area contributed by atoms with E-state index in [9.17, 15) is 54.8 Å². The highest BCUT2D eigenvalue weighted by molar-refractivity contribution is 5.95. The van der Waals surface area contributed by atoms with Gasteiger partial charge in [-0.15, -0.1) is 0 Å². The van der Waals surface area contributed by atoms with Crippen molar-refractivity contribution in [1.29, 1.82) is 0 Å². The first kappa shape index (κ1) is 22.9. The van der Waals surface area contributed by atoms with Gasteiger partial charge in [0.1, 0.15) is 11.5 Å². The van der Waals surface area contributed by atoms with Gasteiger partial charge in [0.05, 0.1) is 0 Å². The fraction of sp³-hybridized carbons (Fsp3) is 0.412. The van der Waals surface area contributed by atoms with E-state index in [1.807, 2.05) is 0 Å². The van der Waals surface area contributed by atoms with Crippen LogP contribution in [0.2, 0.25) is 0 Å². The van der Waals surface area contributed by atoms with Gasteiger partial charge in [0.15, 0.2) is 11.0 Å². The number of aliphatic hydroxyl groups is 1. The second kappa shape index (κ2) is 6.31. The Morgan fingerprint density at radius 1 is 0.586 bits per heavy atom. The fourth-order valence-corrected chi connectivity index (χ4v) is 2.79. The summed E-state index contributed by atoms with van der Waals surface area (Å²) < 4.78 is 119. The number of hydrogen-bond donors (Lipinski definition) is 3. The van der Waals surface area contributed by atoms with Gasteiger partial charge in [-0.1, -0.05) is 18.2 Å². The van der Waals surface area contributed by atoms with E-state index in [-0.39, 0.29) is 13.0 Å². The van der Waals surface area contributed by atoms with Crippen LogP contribution in [0.15, 0.2) is 24.3 Å². The second-order valence-electron chi connectivity index (χ2n) is 6.71. The topological polar surface area (TPSA) is 60.7 Å². The van der Waals surface area contributed by atoms with Crippen LogP contribution >= 0.6 is 0 Å². The number of fused-ring (bicyclic) bond motifs is 1. The quantitative estimate of drug-likeness (QED) is 0.553. The number of hydrogen-bond acceptors (Lipinski definition) is 3. The van der Waals surface area contributed by atoms with Crippen LogP contribution in [0.3, 0.4) is 0 Å². The van der Waals surface area contributed by atoms with Gasteiger partial charge in [0.25, 0.3) is 0 Å². The Balaban J connectivity index is 2.85. The Kier molecular flexibility index (Phi) is 4.99. The predicted octanol–water partition coefficient (Wildman–Crippen LogP) is 5.40. The Morgan fingerprint density at radius 3 is 1.28 bits per heavy atom. The molecule has 0 radical (unpaired) electrons. The summed E-state index contributed by atoms with van der Waals surface area (Å²) in [5.41, 5.74) is -10.8. The maximum absolute atomic E-state index is 13.3. The third-order valence-electron chi connectivity index (χ3n) is 4.89. The van der Waals surface area contributed by atoms with Gasteiger partial charge in [-0.2, -0.15) is 39.5 Å². The number of rotatable bonds is 2. The Bertz CT molecular complexity index is 926. The lowest BCUT2D eigenvalue weighted by Gasteiger charge is -2.35. The van der Waals surface area contributed by atoms with Crippen LogP contribution in [-0.4, -0.2) is 33.8 Å². The van der Waals surface area contributed by atoms with E-state index >= 15 is 0 Å². The van der Waals surface area contributed by atoms with E-state index in [0.29, 0.717) is 25.1 Å². The Morgan fingerprint density at radius 2 is 0.931 bits per heavy atom. The largest absolute Gasteiger partial charge is 0.507 e. The van der Waals surface area contributed by atoms with Gasteiger partial charge in [-0.3, -0.25) is 0 Å². The van der Waals surface area contributed by atoms with Crippen molar-refractivity contribution in [3.63, 3.8) is 0 Å². The van der Waals surface area contributed by atoms with Crippen LogP contribution < -0.4 is 0 Å². The van der Waals surface area contributed by atoms with Gasteiger partial charge in [-0.05, 0) is 19.9 Å². The fourth-order valence-electron chi connectivity index (χ4n) is 2.79. The SMILES string of the molecule is CC(O)(c1ccc2c(O)c(C(C)(C(F)(F)F)C(F)(F)F)ccc2c1O)C(F)(F)F. The number of alkyl halides is 9. The van der Waals surface area contributed by atoms with E-state index < -0.39 is 62.9 Å². The number of phenols is 2. The monoisotopic (exact) mass is 436 g/mol. The molecule has 0 fully saturated rings. The minimum Gasteiger partial charge on any atom is -0.507 e. The van der Waals surface area contributed by atoms with Gasteiger partial charge >= 0.3 is 18.5 Å². The summed E-state index contributed by atoms with van der Waals surface area (Å²) in [4.78, 5) is 0. The first-order valence-corrected chi connectivity index (χ1v) is 7.69. The average molecular weight is 436 g/mol. The number of phenolic OH excluding ortho intramolecular Hbond substituents is 2. The normalized spacial score (nSPS) is 16.1. The molecule has 0 amide bonds. The highest BCUT2D eigenvalue weighted by atomic mass is 19.4. The molecule has 0 heterocycles. The Labute approximate surface area is 157 Å². The molecule has 0 spiro atoms. The molecule has 1 unspecified atom stereocenters. The highest BCUT2D eigenvalue weighted by Crippen LogP contribution is 2.55. The molecule has 3 nitrogen and oxygen atoms in total. The number of aromatic hydroxyl groups is 2. The molecule has 2 aromatic carbocycles. The third kappa shape index (κ3) is 3.22. The van der Waals surface area contributed by atoms with E-state index in [0.717, 1.165) is 0 Å². The molecule has 0 bridgehead atoms. The second-order valence-corrected chi connectivity index (χ2v) is 6.71. The number of benzene rings is 2. The minimum atomic E-state index is -5.88. The van der Waals surface area contributed by atoms with E-state index in [1.165, 1.54) is 0 Å². The van der Waals surface area contributed by atoms with Crippen LogP contribution in [0.5, 0.6) is 11.5 Å². The van der Waals surface area contributed by atoms with Crippen LogP contribution in [0.4, 0.5) is 39.5 Å². The van der Waals surface area contributed by atoms with Crippen molar-refractivity contribution in [1.82, 2.24) is 0 Å². The molecule has 0 saturated heterocycles. The van der Waals surface area contributed by atoms with Crippen LogP contribution in [0.1, 0.15) is 25.0 Å². The van der Waals surface area contributed by atoms with Gasteiger partial charge in [0, 0.05) is 21.9 Å². The van der Waals surface area contributed by atoms with Crippen LogP contribution in [0.25, 0.3) is 10.8 Å². The molecular weight excluding hydrogens is 423 g/mol. The maximum Gasteiger partial charge on any atom is 0.421 e. The standard InChI is InChI=1S/C17H13F9O3/c1-13(15(18,19)20,16(21,22)23)9-5-3-8-7(11(9)27)4-6-10(12(8)28)14(2,29)17(24,25)26/h3-6,27-29H,1-2H3. The molecule has 0 aromatic heterocycles. The molecule has 12 heteroatoms. The summed E-state index contributed by atoms with van der Waals surface area (Å²) in [6, 6.07) is 1.75. The van der Waals surface area contributed by atoms with Crippen molar-refractivity contribution < 1.29 is 54.8 Å². The van der Waals surface area contributed by atoms with Crippen molar-refractivity contribution in [2.75, 3.05) is 0 Å². The zero-order chi connectivity index (χ0) is 22.8. The predicted molar refractivity (Wildman–Crippen MR) is 82.4 cm³/mol. The molecule has 0 saturated carbocycles. The molecular formula is C17H13F9O3. The molecule has 2 aromatic rings. The molecule has 0 aliphatic heterocycles. The molecule has 3 N–H and O–H groups in total. The zero-order valence-corrected chi connectivity index (χ0v) is 14.6. The Hall–Kier alpha value is -2.37. The summed E-state index contributed by atoms with van der Waals surface area (Å²) in [6.45, 7) is 0.100. The summed E-state index contributed by atoms with van der Waals surface area (Å²) in [5.74, 6) is -2.78. The summed E-state index contributed by atoms with van der Waals surface area (Å²) in [6.07, 6.45) is -17.0. The lowest BCUT2D eigenvalue weighted by Crippen LogP contribution is -2.51. The molecule has 2 rings (SSSR count). The first-order chi connectivity index (χ1) is 12.8. The van der Waals surface area contributed by atoms with E-state index in [1.54, 1.807) is 0 Å². The number of halogens is 9. The summed E-state index contributed by atoms with van der Waals surface area (Å²) in [7, 11) is 0. The lowest BCUT2D eigenvalue weighted by molar-refractivity contribution is -0.297. The molecule has 1 atom stereocenters. The lowest BCUT2D eigenvalue weighted by atomic mass is 9.79. The summed E-state index contributed by atoms with van der Waals surface area (Å²) >= 11 is 0.